The lowest BCUT2D eigenvalue weighted by atomic mass is 9.95. The molecule has 0 saturated heterocycles. The molecule has 0 spiro atoms. The Balaban J connectivity index is 2.94. The van der Waals surface area contributed by atoms with E-state index in [1.807, 2.05) is 18.2 Å². The van der Waals surface area contributed by atoms with Crippen molar-refractivity contribution in [1.82, 2.24) is 0 Å². The normalized spacial score (nSPS) is 10.9. The van der Waals surface area contributed by atoms with Crippen LogP contribution in [0.3, 0.4) is 0 Å². The summed E-state index contributed by atoms with van der Waals surface area (Å²) in [5, 5.41) is 0. The summed E-state index contributed by atoms with van der Waals surface area (Å²) in [5.74, 6) is 0.263. The molecule has 1 rings (SSSR count). The molecule has 0 amide bonds. The lowest BCUT2D eigenvalue weighted by Crippen LogP contribution is -2.21. The highest BCUT2D eigenvalue weighted by atomic mass is 16.5. The number of benzene rings is 1. The zero-order valence-electron chi connectivity index (χ0n) is 12.3. The van der Waals surface area contributed by atoms with Gasteiger partial charge in [-0.05, 0) is 23.1 Å². The van der Waals surface area contributed by atoms with Gasteiger partial charge in [0.15, 0.2) is 0 Å². The zero-order valence-corrected chi connectivity index (χ0v) is 12.3. The monoisotopic (exact) mass is 262 g/mol. The highest BCUT2D eigenvalue weighted by Crippen LogP contribution is 2.27. The minimum atomic E-state index is -0.324. The first kappa shape index (κ1) is 15.4. The van der Waals surface area contributed by atoms with E-state index >= 15 is 0 Å². The fraction of sp³-hybridized carbons (Fsp3) is 0.500. The van der Waals surface area contributed by atoms with Crippen LogP contribution < -0.4 is 4.74 Å². The molecule has 0 N–H and O–H groups in total. The van der Waals surface area contributed by atoms with E-state index in [1.54, 1.807) is 21.0 Å². The maximum atomic E-state index is 11.8. The summed E-state index contributed by atoms with van der Waals surface area (Å²) in [5.41, 5.74) is 1.92. The summed E-state index contributed by atoms with van der Waals surface area (Å²) in [6.45, 7) is 7.63. The summed E-state index contributed by atoms with van der Waals surface area (Å²) in [4.78, 5) is 23.4. The van der Waals surface area contributed by atoms with Gasteiger partial charge in [0.1, 0.15) is 5.75 Å². The van der Waals surface area contributed by atoms with Gasteiger partial charge in [0.2, 0.25) is 11.6 Å². The molecule has 104 valence electrons. The van der Waals surface area contributed by atoms with Crippen molar-refractivity contribution in [3.63, 3.8) is 0 Å². The Bertz CT molecular complexity index is 473. The van der Waals surface area contributed by atoms with Gasteiger partial charge >= 0.3 is 0 Å². The first-order valence-corrected chi connectivity index (χ1v) is 6.60. The van der Waals surface area contributed by atoms with Crippen LogP contribution in [0.1, 0.15) is 44.7 Å². The van der Waals surface area contributed by atoms with Crippen LogP contribution >= 0.6 is 0 Å². The van der Waals surface area contributed by atoms with Crippen molar-refractivity contribution in [3.05, 3.63) is 29.3 Å². The highest BCUT2D eigenvalue weighted by molar-refractivity contribution is 6.38. The van der Waals surface area contributed by atoms with Crippen LogP contribution in [0.2, 0.25) is 0 Å². The third kappa shape index (κ3) is 3.91. The quantitative estimate of drug-likeness (QED) is 0.740. The molecule has 3 nitrogen and oxygen atoms in total. The molecule has 0 atom stereocenters. The lowest BCUT2D eigenvalue weighted by molar-refractivity contribution is -0.138. The molecule has 0 unspecified atom stereocenters. The molecular weight excluding hydrogens is 240 g/mol. The molecule has 0 aliphatic rings. The molecule has 0 radical (unpaired) electrons. The average molecular weight is 262 g/mol. The van der Waals surface area contributed by atoms with Crippen molar-refractivity contribution in [1.29, 1.82) is 0 Å². The second kappa shape index (κ2) is 6.50. The molecule has 3 heteroatoms. The molecule has 1 aromatic carbocycles. The number of Topliss-reactive ketones (excluding diaryl/α,β-unsaturated/α-hetero) is 2. The Hall–Kier alpha value is -1.64. The summed E-state index contributed by atoms with van der Waals surface area (Å²) < 4.78 is 5.30. The van der Waals surface area contributed by atoms with E-state index in [0.717, 1.165) is 16.9 Å². The van der Waals surface area contributed by atoms with Crippen molar-refractivity contribution in [2.45, 2.75) is 40.0 Å². The number of hydrogen-bond acceptors (Lipinski definition) is 3. The standard InChI is InChI=1S/C16H22O3/c1-10(2)13-8-12(6-7-15(13)19-5)9-14(17)16(18)11(3)4/h6-8,10-11H,9H2,1-5H3. The Kier molecular flexibility index (Phi) is 5.28. The Morgan fingerprint density at radius 1 is 1.16 bits per heavy atom. The molecule has 0 heterocycles. The summed E-state index contributed by atoms with van der Waals surface area (Å²) >= 11 is 0. The Morgan fingerprint density at radius 2 is 1.79 bits per heavy atom. The number of rotatable bonds is 6. The second-order valence-corrected chi connectivity index (χ2v) is 5.35. The van der Waals surface area contributed by atoms with Gasteiger partial charge in [0.25, 0.3) is 0 Å². The largest absolute Gasteiger partial charge is 0.496 e. The number of ether oxygens (including phenoxy) is 1. The van der Waals surface area contributed by atoms with Crippen LogP contribution in [-0.4, -0.2) is 18.7 Å². The molecule has 19 heavy (non-hydrogen) atoms. The van der Waals surface area contributed by atoms with E-state index in [2.05, 4.69) is 13.8 Å². The van der Waals surface area contributed by atoms with Crippen molar-refractivity contribution in [2.24, 2.45) is 5.92 Å². The maximum Gasteiger partial charge on any atom is 0.203 e. The van der Waals surface area contributed by atoms with Gasteiger partial charge in [-0.1, -0.05) is 39.8 Å². The molecule has 0 aliphatic carbocycles. The summed E-state index contributed by atoms with van der Waals surface area (Å²) in [6.07, 6.45) is 0.167. The van der Waals surface area contributed by atoms with Crippen molar-refractivity contribution < 1.29 is 14.3 Å². The van der Waals surface area contributed by atoms with Gasteiger partial charge in [-0.3, -0.25) is 9.59 Å². The van der Waals surface area contributed by atoms with Gasteiger partial charge in [-0.25, -0.2) is 0 Å². The van der Waals surface area contributed by atoms with E-state index in [-0.39, 0.29) is 23.9 Å². The van der Waals surface area contributed by atoms with Gasteiger partial charge in [0.05, 0.1) is 7.11 Å². The van der Waals surface area contributed by atoms with Gasteiger partial charge in [0, 0.05) is 12.3 Å². The molecule has 0 fully saturated rings. The van der Waals surface area contributed by atoms with Gasteiger partial charge in [-0.2, -0.15) is 0 Å². The van der Waals surface area contributed by atoms with Crippen LogP contribution in [0, 0.1) is 5.92 Å². The van der Waals surface area contributed by atoms with Gasteiger partial charge < -0.3 is 4.74 Å². The number of methoxy groups -OCH3 is 1. The fourth-order valence-electron chi connectivity index (χ4n) is 1.94. The van der Waals surface area contributed by atoms with Crippen LogP contribution in [0.5, 0.6) is 5.75 Å². The SMILES string of the molecule is COc1ccc(CC(=O)C(=O)C(C)C)cc1C(C)C. The van der Waals surface area contributed by atoms with E-state index in [1.165, 1.54) is 0 Å². The number of ketones is 2. The topological polar surface area (TPSA) is 43.4 Å². The Morgan fingerprint density at radius 3 is 2.26 bits per heavy atom. The third-order valence-corrected chi connectivity index (χ3v) is 3.08. The number of carbonyl (C=O) groups excluding carboxylic acids is 2. The molecule has 1 aromatic rings. The number of carbonyl (C=O) groups is 2. The highest BCUT2D eigenvalue weighted by Gasteiger charge is 2.18. The van der Waals surface area contributed by atoms with Crippen LogP contribution in [-0.2, 0) is 16.0 Å². The zero-order chi connectivity index (χ0) is 14.6. The summed E-state index contributed by atoms with van der Waals surface area (Å²) in [6, 6.07) is 5.66. The minimum absolute atomic E-state index is 0.167. The first-order valence-electron chi connectivity index (χ1n) is 6.60. The minimum Gasteiger partial charge on any atom is -0.496 e. The van der Waals surface area contributed by atoms with Crippen LogP contribution in [0.4, 0.5) is 0 Å². The predicted molar refractivity (Wildman–Crippen MR) is 75.6 cm³/mol. The molecule has 0 aromatic heterocycles. The van der Waals surface area contributed by atoms with Crippen LogP contribution in [0.25, 0.3) is 0 Å². The Labute approximate surface area is 115 Å². The predicted octanol–water partition coefficient (Wildman–Crippen LogP) is 3.16. The van der Waals surface area contributed by atoms with E-state index in [4.69, 9.17) is 4.74 Å². The van der Waals surface area contributed by atoms with Crippen molar-refractivity contribution in [2.75, 3.05) is 7.11 Å². The fourth-order valence-corrected chi connectivity index (χ4v) is 1.94. The maximum absolute atomic E-state index is 11.8. The molecule has 0 saturated carbocycles. The van der Waals surface area contributed by atoms with E-state index in [9.17, 15) is 9.59 Å². The first-order chi connectivity index (χ1) is 8.86. The van der Waals surface area contributed by atoms with Crippen LogP contribution in [0.15, 0.2) is 18.2 Å². The number of hydrogen-bond donors (Lipinski definition) is 0. The molecular formula is C16H22O3. The summed E-state index contributed by atoms with van der Waals surface area (Å²) in [7, 11) is 1.63. The van der Waals surface area contributed by atoms with Gasteiger partial charge in [-0.15, -0.1) is 0 Å². The van der Waals surface area contributed by atoms with E-state index in [0.29, 0.717) is 5.92 Å². The smallest absolute Gasteiger partial charge is 0.203 e. The molecule has 0 bridgehead atoms. The third-order valence-electron chi connectivity index (χ3n) is 3.08. The average Bonchev–Trinajstić information content (AvgIpc) is 2.37. The van der Waals surface area contributed by atoms with Crippen molar-refractivity contribution in [3.8, 4) is 5.75 Å². The van der Waals surface area contributed by atoms with Crippen molar-refractivity contribution >= 4 is 11.6 Å². The second-order valence-electron chi connectivity index (χ2n) is 5.35. The lowest BCUT2D eigenvalue weighted by Gasteiger charge is -2.13. The molecule has 0 aliphatic heterocycles. The van der Waals surface area contributed by atoms with E-state index < -0.39 is 0 Å².